The van der Waals surface area contributed by atoms with Crippen LogP contribution in [0.15, 0.2) is 134 Å². The third-order valence-electron chi connectivity index (χ3n) is 7.58. The van der Waals surface area contributed by atoms with Crippen molar-refractivity contribution in [1.29, 1.82) is 0 Å². The standard InChI is InChI=1S/C38H22N2O.Pt/c1-2-16-31-30(15-1)32-17-7-9-25-10-8-18-33(38(25)32)35-24-40-37(23-34(31)35)27-12-6-14-29(22-27)41-28-13-5-11-26(21-28)36-19-3-4-20-39-36;/h1-20,23-24H;/q-2;+2. The maximum Gasteiger partial charge on any atom is 2.00 e. The second-order valence-electron chi connectivity index (χ2n) is 10.0. The smallest absolute Gasteiger partial charge is 0.497 e. The number of nitrogens with zero attached hydrogens (tertiary/aromatic N) is 2. The van der Waals surface area contributed by atoms with Crippen molar-refractivity contribution in [3.8, 4) is 67.4 Å². The van der Waals surface area contributed by atoms with E-state index in [0.29, 0.717) is 11.5 Å². The summed E-state index contributed by atoms with van der Waals surface area (Å²) in [5.74, 6) is 1.21. The molecule has 7 aromatic rings. The molecule has 0 amide bonds. The Labute approximate surface area is 258 Å². The van der Waals surface area contributed by atoms with Crippen LogP contribution in [0.5, 0.6) is 11.5 Å². The van der Waals surface area contributed by atoms with Crippen molar-refractivity contribution in [2.45, 2.75) is 0 Å². The van der Waals surface area contributed by atoms with Crippen molar-refractivity contribution in [1.82, 2.24) is 9.97 Å². The fourth-order valence-electron chi connectivity index (χ4n) is 5.74. The molecule has 0 saturated carbocycles. The fourth-order valence-corrected chi connectivity index (χ4v) is 5.74. The van der Waals surface area contributed by atoms with E-state index in [1.165, 1.54) is 33.0 Å². The Balaban J connectivity index is 0.00000288. The van der Waals surface area contributed by atoms with E-state index in [9.17, 15) is 0 Å². The van der Waals surface area contributed by atoms with Crippen LogP contribution in [0.4, 0.5) is 0 Å². The average molecular weight is 718 g/mol. The van der Waals surface area contributed by atoms with Crippen molar-refractivity contribution in [2.24, 2.45) is 0 Å². The second kappa shape index (κ2) is 10.9. The Morgan fingerprint density at radius 2 is 1.07 bits per heavy atom. The van der Waals surface area contributed by atoms with Gasteiger partial charge in [-0.2, -0.15) is 0 Å². The zero-order valence-electron chi connectivity index (χ0n) is 22.3. The molecule has 0 unspecified atom stereocenters. The molecule has 0 atom stereocenters. The molecule has 0 fully saturated rings. The largest absolute Gasteiger partial charge is 2.00 e. The van der Waals surface area contributed by atoms with Crippen LogP contribution in [-0.4, -0.2) is 9.97 Å². The first-order chi connectivity index (χ1) is 20.3. The molecule has 0 N–H and O–H groups in total. The van der Waals surface area contributed by atoms with Gasteiger partial charge in [0.1, 0.15) is 0 Å². The molecule has 2 heterocycles. The van der Waals surface area contributed by atoms with Gasteiger partial charge in [0.25, 0.3) is 0 Å². The predicted octanol–water partition coefficient (Wildman–Crippen LogP) is 9.67. The maximum atomic E-state index is 6.21. The Hall–Kier alpha value is -4.85. The molecule has 8 rings (SSSR count). The number of pyridine rings is 2. The van der Waals surface area contributed by atoms with Crippen LogP contribution < -0.4 is 4.74 Å². The van der Waals surface area contributed by atoms with Crippen molar-refractivity contribution in [3.63, 3.8) is 0 Å². The van der Waals surface area contributed by atoms with E-state index in [1.54, 1.807) is 6.20 Å². The molecule has 0 radical (unpaired) electrons. The minimum absolute atomic E-state index is 0. The monoisotopic (exact) mass is 717 g/mol. The Morgan fingerprint density at radius 3 is 1.76 bits per heavy atom. The molecule has 200 valence electrons. The number of hydrogen-bond donors (Lipinski definition) is 0. The first kappa shape index (κ1) is 26.1. The molecule has 0 saturated heterocycles. The molecule has 3 nitrogen and oxygen atoms in total. The summed E-state index contributed by atoms with van der Waals surface area (Å²) in [6, 6.07) is 48.2. The average Bonchev–Trinajstić information content (AvgIpc) is 3.16. The van der Waals surface area contributed by atoms with Crippen molar-refractivity contribution in [3.05, 3.63) is 146 Å². The summed E-state index contributed by atoms with van der Waals surface area (Å²) in [6.45, 7) is 0. The van der Waals surface area contributed by atoms with E-state index < -0.39 is 0 Å². The van der Waals surface area contributed by atoms with E-state index in [-0.39, 0.29) is 21.1 Å². The summed E-state index contributed by atoms with van der Waals surface area (Å²) in [5, 5.41) is 2.50. The maximum absolute atomic E-state index is 6.21. The van der Waals surface area contributed by atoms with Crippen LogP contribution in [0.2, 0.25) is 0 Å². The zero-order chi connectivity index (χ0) is 27.2. The van der Waals surface area contributed by atoms with E-state index in [0.717, 1.165) is 33.6 Å². The summed E-state index contributed by atoms with van der Waals surface area (Å²) in [4.78, 5) is 9.37. The van der Waals surface area contributed by atoms with Crippen molar-refractivity contribution < 1.29 is 25.8 Å². The normalized spacial score (nSPS) is 11.1. The van der Waals surface area contributed by atoms with Gasteiger partial charge >= 0.3 is 21.1 Å². The van der Waals surface area contributed by atoms with Crippen LogP contribution in [0.3, 0.4) is 0 Å². The van der Waals surface area contributed by atoms with E-state index in [1.807, 2.05) is 60.8 Å². The molecular formula is C38H22N2OPt. The molecule has 2 aromatic heterocycles. The number of ether oxygens (including phenoxy) is 1. The van der Waals surface area contributed by atoms with Crippen LogP contribution in [0.25, 0.3) is 66.7 Å². The van der Waals surface area contributed by atoms with Gasteiger partial charge < -0.3 is 14.7 Å². The molecule has 4 heteroatoms. The van der Waals surface area contributed by atoms with E-state index in [2.05, 4.69) is 83.8 Å². The van der Waals surface area contributed by atoms with Crippen molar-refractivity contribution >= 4 is 10.8 Å². The van der Waals surface area contributed by atoms with Gasteiger partial charge in [-0.3, -0.25) is 0 Å². The predicted molar refractivity (Wildman–Crippen MR) is 164 cm³/mol. The number of benzene rings is 5. The van der Waals surface area contributed by atoms with Gasteiger partial charge in [0, 0.05) is 29.5 Å². The molecular weight excluding hydrogens is 696 g/mol. The van der Waals surface area contributed by atoms with Gasteiger partial charge in [-0.15, -0.1) is 47.5 Å². The summed E-state index contributed by atoms with van der Waals surface area (Å²) >= 11 is 0. The molecule has 0 spiro atoms. The molecule has 1 aliphatic rings. The summed E-state index contributed by atoms with van der Waals surface area (Å²) in [5.41, 5.74) is 10.6. The van der Waals surface area contributed by atoms with Crippen LogP contribution in [0.1, 0.15) is 0 Å². The third-order valence-corrected chi connectivity index (χ3v) is 7.58. The summed E-state index contributed by atoms with van der Waals surface area (Å²) in [7, 11) is 0. The van der Waals surface area contributed by atoms with Crippen LogP contribution in [-0.2, 0) is 21.1 Å². The van der Waals surface area contributed by atoms with E-state index >= 15 is 0 Å². The first-order valence-corrected chi connectivity index (χ1v) is 13.6. The van der Waals surface area contributed by atoms with E-state index in [4.69, 9.17) is 9.72 Å². The molecule has 1 aliphatic carbocycles. The van der Waals surface area contributed by atoms with Crippen molar-refractivity contribution in [2.75, 3.05) is 0 Å². The summed E-state index contributed by atoms with van der Waals surface area (Å²) in [6.07, 6.45) is 3.78. The van der Waals surface area contributed by atoms with Crippen LogP contribution in [0, 0.1) is 12.1 Å². The van der Waals surface area contributed by atoms with Gasteiger partial charge in [0.2, 0.25) is 0 Å². The Bertz CT molecular complexity index is 2080. The molecule has 0 bridgehead atoms. The molecule has 42 heavy (non-hydrogen) atoms. The third kappa shape index (κ3) is 4.53. The number of hydrogen-bond acceptors (Lipinski definition) is 3. The van der Waals surface area contributed by atoms with Gasteiger partial charge in [0.15, 0.2) is 0 Å². The molecule has 0 aliphatic heterocycles. The quantitative estimate of drug-likeness (QED) is 0.170. The van der Waals surface area contributed by atoms with Gasteiger partial charge in [-0.1, -0.05) is 91.0 Å². The van der Waals surface area contributed by atoms with Gasteiger partial charge in [-0.25, -0.2) is 0 Å². The van der Waals surface area contributed by atoms with Gasteiger partial charge in [0.05, 0.1) is 0 Å². The fraction of sp³-hybridized carbons (Fsp3) is 0. The number of aromatic nitrogens is 2. The Kier molecular flexibility index (Phi) is 6.74. The second-order valence-corrected chi connectivity index (χ2v) is 10.0. The number of fused-ring (bicyclic) bond motifs is 5. The van der Waals surface area contributed by atoms with Gasteiger partial charge in [-0.05, 0) is 56.0 Å². The number of rotatable bonds is 4. The topological polar surface area (TPSA) is 35.0 Å². The minimum atomic E-state index is 0. The van der Waals surface area contributed by atoms with Crippen LogP contribution >= 0.6 is 0 Å². The minimum Gasteiger partial charge on any atom is -0.497 e. The molecule has 5 aromatic carbocycles. The SMILES string of the molecule is [Pt+2].[c-]1c(Oc2[c-]c(-c3cc4c(cn3)-c3cccc5cccc(c35)-c3ccccc3-4)ccc2)cccc1-c1ccccn1. The summed E-state index contributed by atoms with van der Waals surface area (Å²) < 4.78 is 6.21. The Morgan fingerprint density at radius 1 is 0.476 bits per heavy atom. The zero-order valence-corrected chi connectivity index (χ0v) is 24.6. The first-order valence-electron chi connectivity index (χ1n) is 13.6.